The highest BCUT2D eigenvalue weighted by molar-refractivity contribution is 7.21. The Labute approximate surface area is 250 Å². The van der Waals surface area contributed by atoms with Gasteiger partial charge in [-0.05, 0) is 73.5 Å². The van der Waals surface area contributed by atoms with Gasteiger partial charge >= 0.3 is 6.03 Å². The van der Waals surface area contributed by atoms with Gasteiger partial charge in [0.25, 0.3) is 5.91 Å². The molecular formula is C32H27FN6O3S. The zero-order valence-corrected chi connectivity index (χ0v) is 23.8. The molecule has 0 bridgehead atoms. The molecule has 1 saturated heterocycles. The number of thiophene rings is 1. The Hall–Kier alpha value is -4.87. The largest absolute Gasteiger partial charge is 0.457 e. The van der Waals surface area contributed by atoms with E-state index >= 15 is 0 Å². The Kier molecular flexibility index (Phi) is 7.17. The summed E-state index contributed by atoms with van der Waals surface area (Å²) in [5.74, 6) is 1.38. The molecule has 4 heterocycles. The highest BCUT2D eigenvalue weighted by Gasteiger charge is 2.34. The van der Waals surface area contributed by atoms with Crippen LogP contribution in [0.4, 0.5) is 32.1 Å². The van der Waals surface area contributed by atoms with Crippen molar-refractivity contribution >= 4 is 56.4 Å². The maximum absolute atomic E-state index is 13.8. The second-order valence-electron chi connectivity index (χ2n) is 10.5. The maximum atomic E-state index is 13.8. The van der Waals surface area contributed by atoms with Crippen LogP contribution in [-0.4, -0.2) is 46.1 Å². The number of benzene rings is 3. The normalized spacial score (nSPS) is 16.6. The number of halogens is 1. The van der Waals surface area contributed by atoms with E-state index in [2.05, 4.69) is 25.5 Å². The third-order valence-corrected chi connectivity index (χ3v) is 8.56. The number of urea groups is 1. The summed E-state index contributed by atoms with van der Waals surface area (Å²) in [6, 6.07) is 23.7. The molecule has 216 valence electrons. The van der Waals surface area contributed by atoms with E-state index in [0.717, 1.165) is 18.5 Å². The maximum Gasteiger partial charge on any atom is 0.332 e. The van der Waals surface area contributed by atoms with E-state index < -0.39 is 12.2 Å². The summed E-state index contributed by atoms with van der Waals surface area (Å²) in [6.07, 6.45) is 2.12. The van der Waals surface area contributed by atoms with E-state index in [4.69, 9.17) is 4.74 Å². The summed E-state index contributed by atoms with van der Waals surface area (Å²) in [5, 5.41) is 6.42. The minimum Gasteiger partial charge on any atom is -0.457 e. The average molecular weight is 595 g/mol. The number of hydrogen-bond acceptors (Lipinski definition) is 7. The Morgan fingerprint density at radius 3 is 2.56 bits per heavy atom. The van der Waals surface area contributed by atoms with E-state index in [0.29, 0.717) is 69.0 Å². The second-order valence-corrected chi connectivity index (χ2v) is 11.5. The van der Waals surface area contributed by atoms with Crippen LogP contribution < -0.4 is 20.3 Å². The number of nitrogens with one attached hydrogen (secondary N) is 2. The van der Waals surface area contributed by atoms with Crippen molar-refractivity contribution in [2.24, 2.45) is 0 Å². The Bertz CT molecular complexity index is 1800. The molecule has 0 aliphatic carbocycles. The molecule has 2 aliphatic heterocycles. The summed E-state index contributed by atoms with van der Waals surface area (Å²) in [5.41, 5.74) is 2.65. The number of anilines is 4. The number of para-hydroxylation sites is 1. The van der Waals surface area contributed by atoms with Gasteiger partial charge in [0.05, 0.1) is 16.8 Å². The quantitative estimate of drug-likeness (QED) is 0.204. The minimum absolute atomic E-state index is 0.336. The lowest BCUT2D eigenvalue weighted by molar-refractivity contribution is 0.103. The number of piperidine rings is 1. The van der Waals surface area contributed by atoms with Crippen LogP contribution in [0.5, 0.6) is 11.5 Å². The molecule has 1 unspecified atom stereocenters. The van der Waals surface area contributed by atoms with E-state index in [-0.39, 0.29) is 5.91 Å². The van der Waals surface area contributed by atoms with Gasteiger partial charge in [-0.3, -0.25) is 9.69 Å². The van der Waals surface area contributed by atoms with Crippen molar-refractivity contribution in [2.75, 3.05) is 28.6 Å². The first-order chi connectivity index (χ1) is 21.0. The van der Waals surface area contributed by atoms with Gasteiger partial charge < -0.3 is 15.4 Å². The van der Waals surface area contributed by atoms with Gasteiger partial charge in [0.1, 0.15) is 33.7 Å². The molecule has 3 amide bonds. The summed E-state index contributed by atoms with van der Waals surface area (Å²) in [4.78, 5) is 40.1. The summed E-state index contributed by atoms with van der Waals surface area (Å²) < 4.78 is 19.6. The van der Waals surface area contributed by atoms with Gasteiger partial charge in [-0.25, -0.2) is 24.1 Å². The van der Waals surface area contributed by atoms with E-state index in [1.807, 2.05) is 54.6 Å². The third kappa shape index (κ3) is 5.52. The number of likely N-dealkylation sites (tertiary alicyclic amines) is 1. The van der Waals surface area contributed by atoms with E-state index in [1.54, 1.807) is 24.3 Å². The number of aromatic nitrogens is 2. The standard InChI is InChI=1S/C32H27FN6O3S/c33-21-5-4-16-38(18-21)17-20-8-10-22(11-9-20)36-30(40)28-27-26-29(34-19-35-31(26)43-28)39(32(41)37-27)23-12-14-25(15-13-23)42-24-6-2-1-3-7-24/h1-3,6-15,19,21H,4-5,16-18H2,(H,36,40)(H,37,41). The van der Waals surface area contributed by atoms with Gasteiger partial charge in [-0.1, -0.05) is 30.3 Å². The lowest BCUT2D eigenvalue weighted by Gasteiger charge is -2.28. The lowest BCUT2D eigenvalue weighted by atomic mass is 10.1. The highest BCUT2D eigenvalue weighted by atomic mass is 32.1. The SMILES string of the molecule is O=C(Nc1ccc(CN2CCCC(F)C2)cc1)c1sc2ncnc3c2c1NC(=O)N3c1ccc(Oc2ccccc2)cc1. The first kappa shape index (κ1) is 27.0. The van der Waals surface area contributed by atoms with Crippen LogP contribution in [0.15, 0.2) is 85.2 Å². The van der Waals surface area contributed by atoms with Crippen LogP contribution in [0.1, 0.15) is 28.1 Å². The summed E-state index contributed by atoms with van der Waals surface area (Å²) >= 11 is 1.19. The number of alkyl halides is 1. The molecule has 0 spiro atoms. The van der Waals surface area contributed by atoms with Crippen molar-refractivity contribution in [3.8, 4) is 11.5 Å². The first-order valence-corrected chi connectivity index (χ1v) is 14.8. The van der Waals surface area contributed by atoms with Crippen molar-refractivity contribution in [3.05, 3.63) is 95.6 Å². The third-order valence-electron chi connectivity index (χ3n) is 7.46. The lowest BCUT2D eigenvalue weighted by Crippen LogP contribution is -2.35. The van der Waals surface area contributed by atoms with Crippen LogP contribution in [-0.2, 0) is 6.54 Å². The van der Waals surface area contributed by atoms with Crippen molar-refractivity contribution < 1.29 is 18.7 Å². The zero-order valence-electron chi connectivity index (χ0n) is 23.0. The molecule has 7 rings (SSSR count). The number of amides is 3. The topological polar surface area (TPSA) is 99.7 Å². The molecular weight excluding hydrogens is 567 g/mol. The van der Waals surface area contributed by atoms with Crippen LogP contribution in [0, 0.1) is 0 Å². The fraction of sp³-hybridized carbons (Fsp3) is 0.188. The minimum atomic E-state index is -0.771. The number of hydrogen-bond donors (Lipinski definition) is 2. The van der Waals surface area contributed by atoms with Crippen LogP contribution in [0.25, 0.3) is 10.2 Å². The van der Waals surface area contributed by atoms with E-state index in [9.17, 15) is 14.0 Å². The molecule has 11 heteroatoms. The molecule has 3 aromatic carbocycles. The van der Waals surface area contributed by atoms with Gasteiger partial charge in [-0.2, -0.15) is 0 Å². The average Bonchev–Trinajstić information content (AvgIpc) is 3.39. The van der Waals surface area contributed by atoms with Gasteiger partial charge in [0.15, 0.2) is 5.82 Å². The number of nitrogens with zero attached hydrogens (tertiary/aromatic N) is 4. The number of ether oxygens (including phenoxy) is 1. The predicted octanol–water partition coefficient (Wildman–Crippen LogP) is 7.35. The molecule has 5 aromatic rings. The molecule has 1 atom stereocenters. The van der Waals surface area contributed by atoms with Crippen molar-refractivity contribution in [1.82, 2.24) is 14.9 Å². The fourth-order valence-corrected chi connectivity index (χ4v) is 6.42. The predicted molar refractivity (Wildman–Crippen MR) is 165 cm³/mol. The molecule has 2 aliphatic rings. The van der Waals surface area contributed by atoms with Crippen LogP contribution >= 0.6 is 11.3 Å². The van der Waals surface area contributed by atoms with Gasteiger partial charge in [-0.15, -0.1) is 11.3 Å². The second kappa shape index (κ2) is 11.4. The van der Waals surface area contributed by atoms with Gasteiger partial charge in [0, 0.05) is 18.8 Å². The molecule has 2 aromatic heterocycles. The number of carbonyl (C=O) groups is 2. The Morgan fingerprint density at radius 2 is 1.79 bits per heavy atom. The highest BCUT2D eigenvalue weighted by Crippen LogP contribution is 2.45. The van der Waals surface area contributed by atoms with Crippen LogP contribution in [0.2, 0.25) is 0 Å². The Morgan fingerprint density at radius 1 is 1.02 bits per heavy atom. The molecule has 2 N–H and O–H groups in total. The molecule has 1 fully saturated rings. The smallest absolute Gasteiger partial charge is 0.332 e. The van der Waals surface area contributed by atoms with E-state index in [1.165, 1.54) is 22.6 Å². The van der Waals surface area contributed by atoms with Crippen LogP contribution in [0.3, 0.4) is 0 Å². The molecule has 0 radical (unpaired) electrons. The molecule has 0 saturated carbocycles. The number of rotatable bonds is 7. The number of carbonyl (C=O) groups excluding carboxylic acids is 2. The molecule has 43 heavy (non-hydrogen) atoms. The Balaban J connectivity index is 1.10. The van der Waals surface area contributed by atoms with Crippen molar-refractivity contribution in [2.45, 2.75) is 25.6 Å². The monoisotopic (exact) mass is 594 g/mol. The zero-order chi connectivity index (χ0) is 29.3. The van der Waals surface area contributed by atoms with Gasteiger partial charge in [0.2, 0.25) is 0 Å². The summed E-state index contributed by atoms with van der Waals surface area (Å²) in [6.45, 7) is 2.01. The van der Waals surface area contributed by atoms with Crippen molar-refractivity contribution in [1.29, 1.82) is 0 Å². The first-order valence-electron chi connectivity index (χ1n) is 14.0. The molecule has 9 nitrogen and oxygen atoms in total. The van der Waals surface area contributed by atoms with Crippen molar-refractivity contribution in [3.63, 3.8) is 0 Å². The fourth-order valence-electron chi connectivity index (χ4n) is 5.44. The summed E-state index contributed by atoms with van der Waals surface area (Å²) in [7, 11) is 0.